The monoisotopic (exact) mass is 445 g/mol. The zero-order chi connectivity index (χ0) is 22.3. The number of amides is 1. The fourth-order valence-electron chi connectivity index (χ4n) is 2.66. The first-order valence-corrected chi connectivity index (χ1v) is 10.8. The lowest BCUT2D eigenvalue weighted by Crippen LogP contribution is -2.43. The van der Waals surface area contributed by atoms with Crippen LogP contribution in [-0.4, -0.2) is 56.4 Å². The normalized spacial score (nSPS) is 13.8. The molecular formula is C19H22F3N3O4S. The van der Waals surface area contributed by atoms with E-state index >= 15 is 0 Å². The molecule has 1 aromatic heterocycles. The van der Waals surface area contributed by atoms with Crippen LogP contribution in [0.15, 0.2) is 42.6 Å². The summed E-state index contributed by atoms with van der Waals surface area (Å²) in [6.07, 6.45) is -1.69. The first-order chi connectivity index (χ1) is 14.1. The molecule has 0 aliphatic rings. The van der Waals surface area contributed by atoms with Crippen molar-refractivity contribution in [2.24, 2.45) is 0 Å². The summed E-state index contributed by atoms with van der Waals surface area (Å²) in [6, 6.07) is 8.35. The van der Waals surface area contributed by atoms with Crippen LogP contribution in [0.4, 0.5) is 13.2 Å². The lowest BCUT2D eigenvalue weighted by atomic mass is 9.99. The van der Waals surface area contributed by atoms with Crippen molar-refractivity contribution in [1.29, 1.82) is 0 Å². The van der Waals surface area contributed by atoms with Crippen LogP contribution in [0.5, 0.6) is 0 Å². The Kier molecular flexibility index (Phi) is 8.33. The lowest BCUT2D eigenvalue weighted by Gasteiger charge is -2.22. The van der Waals surface area contributed by atoms with Crippen LogP contribution < -0.4 is 10.0 Å². The number of aromatic nitrogens is 1. The number of sulfonamides is 1. The van der Waals surface area contributed by atoms with Gasteiger partial charge in [0.15, 0.2) is 0 Å². The maximum absolute atomic E-state index is 13.1. The van der Waals surface area contributed by atoms with Gasteiger partial charge >= 0.3 is 6.43 Å². The molecule has 0 saturated carbocycles. The Hall–Kier alpha value is -2.50. The Balaban J connectivity index is 2.03. The average molecular weight is 445 g/mol. The minimum absolute atomic E-state index is 0.232. The first kappa shape index (κ1) is 23.8. The van der Waals surface area contributed by atoms with Crippen molar-refractivity contribution in [2.75, 3.05) is 19.5 Å². The van der Waals surface area contributed by atoms with E-state index in [2.05, 4.69) is 9.71 Å². The van der Waals surface area contributed by atoms with Gasteiger partial charge in [0.1, 0.15) is 12.8 Å². The third-order valence-corrected chi connectivity index (χ3v) is 4.96. The van der Waals surface area contributed by atoms with E-state index in [1.807, 2.05) is 0 Å². The molecule has 0 fully saturated rings. The van der Waals surface area contributed by atoms with Crippen molar-refractivity contribution in [2.45, 2.75) is 25.0 Å². The number of carbonyl (C=O) groups is 1. The number of hydrogen-bond acceptors (Lipinski definition) is 5. The van der Waals surface area contributed by atoms with Gasteiger partial charge in [-0.25, -0.2) is 17.5 Å². The number of nitrogens with zero attached hydrogens (tertiary/aromatic N) is 1. The van der Waals surface area contributed by atoms with Crippen molar-refractivity contribution in [3.05, 3.63) is 53.9 Å². The van der Waals surface area contributed by atoms with Gasteiger partial charge in [0.2, 0.25) is 10.0 Å². The fraction of sp³-hybridized carbons (Fsp3) is 0.368. The molecule has 0 saturated heterocycles. The molecule has 7 nitrogen and oxygen atoms in total. The second-order valence-corrected chi connectivity index (χ2v) is 8.42. The number of alkyl halides is 3. The first-order valence-electron chi connectivity index (χ1n) is 8.93. The van der Waals surface area contributed by atoms with Crippen molar-refractivity contribution < 1.29 is 31.5 Å². The Bertz CT molecular complexity index is 939. The maximum Gasteiger partial charge on any atom is 0.315 e. The van der Waals surface area contributed by atoms with E-state index < -0.39 is 41.2 Å². The summed E-state index contributed by atoms with van der Waals surface area (Å²) in [5, 5.41) is 12.0. The van der Waals surface area contributed by atoms with Crippen LogP contribution >= 0.6 is 0 Å². The van der Waals surface area contributed by atoms with Gasteiger partial charge in [0.25, 0.3) is 5.91 Å². The van der Waals surface area contributed by atoms with E-state index in [1.165, 1.54) is 12.1 Å². The molecule has 3 N–H and O–H groups in total. The molecule has 0 bridgehead atoms. The summed E-state index contributed by atoms with van der Waals surface area (Å²) >= 11 is 0. The average Bonchev–Trinajstić information content (AvgIpc) is 2.71. The smallest absolute Gasteiger partial charge is 0.315 e. The minimum Gasteiger partial charge on any atom is -0.386 e. The van der Waals surface area contributed by atoms with Crippen LogP contribution in [0.2, 0.25) is 0 Å². The number of benzene rings is 1. The van der Waals surface area contributed by atoms with E-state index in [4.69, 9.17) is 0 Å². The Morgan fingerprint density at radius 2 is 1.77 bits per heavy atom. The molecule has 30 heavy (non-hydrogen) atoms. The largest absolute Gasteiger partial charge is 0.386 e. The second kappa shape index (κ2) is 10.5. The third-order valence-electron chi connectivity index (χ3n) is 4.23. The summed E-state index contributed by atoms with van der Waals surface area (Å²) in [5.74, 6) is -1.65. The van der Waals surface area contributed by atoms with Crippen molar-refractivity contribution in [3.8, 4) is 11.1 Å². The van der Waals surface area contributed by atoms with Gasteiger partial charge in [-0.15, -0.1) is 0 Å². The Morgan fingerprint density at radius 1 is 1.13 bits per heavy atom. The molecule has 11 heteroatoms. The number of halogens is 3. The van der Waals surface area contributed by atoms with Gasteiger partial charge in [0, 0.05) is 30.4 Å². The highest BCUT2D eigenvalue weighted by molar-refractivity contribution is 7.88. The molecule has 2 rings (SSSR count). The number of hydrogen-bond donors (Lipinski definition) is 3. The SMILES string of the molecule is CS(=O)(=O)NCCc1ccc(-c2ccc([C@H](O)[C@@H](CF)NC(=O)C(F)F)cc2)cn1. The molecular weight excluding hydrogens is 423 g/mol. The molecule has 1 amide bonds. The number of aliphatic hydroxyl groups excluding tert-OH is 1. The van der Waals surface area contributed by atoms with E-state index in [0.29, 0.717) is 12.1 Å². The maximum atomic E-state index is 13.1. The summed E-state index contributed by atoms with van der Waals surface area (Å²) in [6.45, 7) is -0.976. The standard InChI is InChI=1S/C19H22F3N3O4S/c1-30(28,29)24-9-8-15-7-6-14(11-23-15)12-2-4-13(5-3-12)17(26)16(10-20)25-19(27)18(21)22/h2-7,11,16-18,24,26H,8-10H2,1H3,(H,25,27)/t16-,17+/m1/s1. The molecule has 0 spiro atoms. The van der Waals surface area contributed by atoms with Gasteiger partial charge in [-0.2, -0.15) is 8.78 Å². The minimum atomic E-state index is -3.30. The molecule has 0 aliphatic heterocycles. The zero-order valence-electron chi connectivity index (χ0n) is 16.1. The quantitative estimate of drug-likeness (QED) is 0.515. The Labute approximate surface area is 172 Å². The predicted molar refractivity (Wildman–Crippen MR) is 105 cm³/mol. The summed E-state index contributed by atoms with van der Waals surface area (Å²) < 4.78 is 62.2. The van der Waals surface area contributed by atoms with E-state index in [0.717, 1.165) is 17.4 Å². The predicted octanol–water partition coefficient (Wildman–Crippen LogP) is 1.59. The van der Waals surface area contributed by atoms with Crippen LogP contribution in [0, 0.1) is 0 Å². The van der Waals surface area contributed by atoms with E-state index in [-0.39, 0.29) is 12.1 Å². The molecule has 0 aliphatic carbocycles. The Morgan fingerprint density at radius 3 is 2.27 bits per heavy atom. The number of aliphatic hydroxyl groups is 1. The molecule has 2 atom stereocenters. The molecule has 1 heterocycles. The van der Waals surface area contributed by atoms with Gasteiger partial charge < -0.3 is 10.4 Å². The van der Waals surface area contributed by atoms with Crippen molar-refractivity contribution in [3.63, 3.8) is 0 Å². The third kappa shape index (κ3) is 7.08. The van der Waals surface area contributed by atoms with E-state index in [9.17, 15) is 31.5 Å². The summed E-state index contributed by atoms with van der Waals surface area (Å²) in [7, 11) is -3.26. The number of pyridine rings is 1. The van der Waals surface area contributed by atoms with Gasteiger partial charge in [0.05, 0.1) is 12.3 Å². The van der Waals surface area contributed by atoms with Crippen LogP contribution in [0.3, 0.4) is 0 Å². The van der Waals surface area contributed by atoms with Crippen LogP contribution in [0.1, 0.15) is 17.4 Å². The van der Waals surface area contributed by atoms with Crippen molar-refractivity contribution in [1.82, 2.24) is 15.0 Å². The molecule has 164 valence electrons. The van der Waals surface area contributed by atoms with E-state index in [1.54, 1.807) is 35.8 Å². The second-order valence-electron chi connectivity index (χ2n) is 6.59. The molecule has 1 aromatic carbocycles. The van der Waals surface area contributed by atoms with Gasteiger partial charge in [-0.1, -0.05) is 30.3 Å². The van der Waals surface area contributed by atoms with Gasteiger partial charge in [-0.05, 0) is 17.2 Å². The lowest BCUT2D eigenvalue weighted by molar-refractivity contribution is -0.133. The molecule has 2 aromatic rings. The highest BCUT2D eigenvalue weighted by Gasteiger charge is 2.26. The summed E-state index contributed by atoms with van der Waals surface area (Å²) in [5.41, 5.74) is 2.45. The van der Waals surface area contributed by atoms with Gasteiger partial charge in [-0.3, -0.25) is 9.78 Å². The number of nitrogens with one attached hydrogen (secondary N) is 2. The fourth-order valence-corrected chi connectivity index (χ4v) is 3.13. The number of rotatable bonds is 10. The van der Waals surface area contributed by atoms with Crippen LogP contribution in [0.25, 0.3) is 11.1 Å². The topological polar surface area (TPSA) is 108 Å². The molecule has 0 unspecified atom stereocenters. The van der Waals surface area contributed by atoms with Crippen molar-refractivity contribution >= 4 is 15.9 Å². The van der Waals surface area contributed by atoms with Crippen LogP contribution in [-0.2, 0) is 21.2 Å². The summed E-state index contributed by atoms with van der Waals surface area (Å²) in [4.78, 5) is 15.3. The highest BCUT2D eigenvalue weighted by atomic mass is 32.2. The molecule has 0 radical (unpaired) electrons. The highest BCUT2D eigenvalue weighted by Crippen LogP contribution is 2.23. The number of carbonyl (C=O) groups excluding carboxylic acids is 1. The zero-order valence-corrected chi connectivity index (χ0v) is 16.9.